The van der Waals surface area contributed by atoms with Crippen molar-refractivity contribution in [2.45, 2.75) is 23.3 Å². The van der Waals surface area contributed by atoms with E-state index in [1.807, 2.05) is 24.3 Å². The van der Waals surface area contributed by atoms with Crippen LogP contribution in [0.25, 0.3) is 10.2 Å². The van der Waals surface area contributed by atoms with E-state index in [-0.39, 0.29) is 0 Å². The van der Waals surface area contributed by atoms with Gasteiger partial charge in [-0.1, -0.05) is 18.7 Å². The third kappa shape index (κ3) is 3.15. The van der Waals surface area contributed by atoms with Crippen molar-refractivity contribution < 1.29 is 4.74 Å². The quantitative estimate of drug-likeness (QED) is 0.492. The highest BCUT2D eigenvalue weighted by Crippen LogP contribution is 2.36. The highest BCUT2D eigenvalue weighted by atomic mass is 35.5. The molecular formula is C15H13ClN2OS2. The minimum absolute atomic E-state index is 0.294. The summed E-state index contributed by atoms with van der Waals surface area (Å²) in [5.41, 5.74) is 0. The number of rotatable bonds is 4. The van der Waals surface area contributed by atoms with Gasteiger partial charge >= 0.3 is 0 Å². The fourth-order valence-electron chi connectivity index (χ4n) is 1.93. The monoisotopic (exact) mass is 336 g/mol. The van der Waals surface area contributed by atoms with Gasteiger partial charge in [0, 0.05) is 15.2 Å². The number of halogens is 1. The highest BCUT2D eigenvalue weighted by Gasteiger charge is 2.12. The molecule has 0 spiro atoms. The SMILES string of the molecule is CCc1cc2c(Sc3ccc(OC)cc3)nc(Cl)nc2s1. The van der Waals surface area contributed by atoms with Crippen LogP contribution in [0.2, 0.25) is 5.28 Å². The number of nitrogens with zero attached hydrogens (tertiary/aromatic N) is 2. The van der Waals surface area contributed by atoms with Crippen molar-refractivity contribution in [1.29, 1.82) is 0 Å². The van der Waals surface area contributed by atoms with Gasteiger partial charge in [-0.15, -0.1) is 11.3 Å². The first-order valence-electron chi connectivity index (χ1n) is 6.47. The molecule has 0 saturated carbocycles. The molecule has 21 heavy (non-hydrogen) atoms. The number of benzene rings is 1. The first-order valence-corrected chi connectivity index (χ1v) is 8.48. The molecule has 0 aliphatic carbocycles. The van der Waals surface area contributed by atoms with Gasteiger partial charge in [0.15, 0.2) is 0 Å². The van der Waals surface area contributed by atoms with Crippen molar-refractivity contribution in [3.8, 4) is 5.75 Å². The number of thiophene rings is 1. The van der Waals surface area contributed by atoms with Crippen LogP contribution in [-0.4, -0.2) is 17.1 Å². The Bertz CT molecular complexity index is 771. The van der Waals surface area contributed by atoms with Crippen molar-refractivity contribution in [3.05, 3.63) is 40.5 Å². The van der Waals surface area contributed by atoms with E-state index < -0.39 is 0 Å². The maximum absolute atomic E-state index is 6.04. The molecule has 0 N–H and O–H groups in total. The van der Waals surface area contributed by atoms with Gasteiger partial charge in [0.25, 0.3) is 0 Å². The number of ether oxygens (including phenoxy) is 1. The maximum Gasteiger partial charge on any atom is 0.224 e. The lowest BCUT2D eigenvalue weighted by Gasteiger charge is -2.04. The third-order valence-electron chi connectivity index (χ3n) is 3.00. The van der Waals surface area contributed by atoms with Gasteiger partial charge in [0.2, 0.25) is 5.28 Å². The molecule has 3 aromatic rings. The number of fused-ring (bicyclic) bond motifs is 1. The zero-order valence-electron chi connectivity index (χ0n) is 11.6. The molecule has 1 aromatic carbocycles. The Labute approximate surface area is 136 Å². The lowest BCUT2D eigenvalue weighted by molar-refractivity contribution is 0.414. The molecule has 0 bridgehead atoms. The molecule has 2 aromatic heterocycles. The molecule has 0 unspecified atom stereocenters. The minimum atomic E-state index is 0.294. The van der Waals surface area contributed by atoms with Gasteiger partial charge in [-0.3, -0.25) is 0 Å². The van der Waals surface area contributed by atoms with E-state index in [2.05, 4.69) is 23.0 Å². The second-order valence-electron chi connectivity index (χ2n) is 4.36. The van der Waals surface area contributed by atoms with Crippen LogP contribution < -0.4 is 4.74 Å². The zero-order chi connectivity index (χ0) is 14.8. The molecule has 0 amide bonds. The Hall–Kier alpha value is -1.30. The van der Waals surface area contributed by atoms with Crippen LogP contribution in [0.1, 0.15) is 11.8 Å². The van der Waals surface area contributed by atoms with E-state index in [0.29, 0.717) is 5.28 Å². The summed E-state index contributed by atoms with van der Waals surface area (Å²) < 4.78 is 5.17. The average Bonchev–Trinajstić information content (AvgIpc) is 2.91. The molecule has 0 atom stereocenters. The second-order valence-corrected chi connectivity index (χ2v) is 6.88. The van der Waals surface area contributed by atoms with Crippen LogP contribution in [0.5, 0.6) is 5.75 Å². The first-order chi connectivity index (χ1) is 10.2. The topological polar surface area (TPSA) is 35.0 Å². The van der Waals surface area contributed by atoms with Crippen LogP contribution in [0.4, 0.5) is 0 Å². The molecule has 108 valence electrons. The van der Waals surface area contributed by atoms with Crippen LogP contribution in [0.3, 0.4) is 0 Å². The molecule has 3 rings (SSSR count). The molecule has 0 aliphatic heterocycles. The molecule has 6 heteroatoms. The van der Waals surface area contributed by atoms with E-state index in [0.717, 1.165) is 32.3 Å². The molecule has 3 nitrogen and oxygen atoms in total. The minimum Gasteiger partial charge on any atom is -0.497 e. The van der Waals surface area contributed by atoms with Crippen molar-refractivity contribution in [2.24, 2.45) is 0 Å². The van der Waals surface area contributed by atoms with Crippen molar-refractivity contribution in [3.63, 3.8) is 0 Å². The largest absolute Gasteiger partial charge is 0.497 e. The van der Waals surface area contributed by atoms with Crippen molar-refractivity contribution >= 4 is 44.9 Å². The van der Waals surface area contributed by atoms with E-state index in [9.17, 15) is 0 Å². The number of methoxy groups -OCH3 is 1. The molecule has 0 radical (unpaired) electrons. The van der Waals surface area contributed by atoms with Gasteiger partial charge < -0.3 is 4.74 Å². The number of hydrogen-bond donors (Lipinski definition) is 0. The summed E-state index contributed by atoms with van der Waals surface area (Å²) in [5, 5.41) is 2.26. The van der Waals surface area contributed by atoms with Crippen LogP contribution in [0.15, 0.2) is 40.3 Å². The number of aryl methyl sites for hydroxylation is 1. The lowest BCUT2D eigenvalue weighted by atomic mass is 10.3. The van der Waals surface area contributed by atoms with Crippen LogP contribution in [-0.2, 0) is 6.42 Å². The highest BCUT2D eigenvalue weighted by molar-refractivity contribution is 7.99. The summed E-state index contributed by atoms with van der Waals surface area (Å²) >= 11 is 9.30. The fraction of sp³-hybridized carbons (Fsp3) is 0.200. The number of hydrogen-bond acceptors (Lipinski definition) is 5. The number of aromatic nitrogens is 2. The normalized spacial score (nSPS) is 11.0. The van der Waals surface area contributed by atoms with Gasteiger partial charge in [0.05, 0.1) is 7.11 Å². The average molecular weight is 337 g/mol. The summed E-state index contributed by atoms with van der Waals surface area (Å²) in [6.07, 6.45) is 0.991. The first kappa shape index (κ1) is 14.6. The predicted octanol–water partition coefficient (Wildman–Crippen LogP) is 5.07. The summed E-state index contributed by atoms with van der Waals surface area (Å²) in [5.74, 6) is 0.842. The van der Waals surface area contributed by atoms with E-state index >= 15 is 0 Å². The van der Waals surface area contributed by atoms with E-state index in [1.54, 1.807) is 30.2 Å². The van der Waals surface area contributed by atoms with Gasteiger partial charge in [0.1, 0.15) is 15.6 Å². The fourth-order valence-corrected chi connectivity index (χ4v) is 4.12. The molecule has 2 heterocycles. The van der Waals surface area contributed by atoms with Crippen molar-refractivity contribution in [2.75, 3.05) is 7.11 Å². The Kier molecular flexibility index (Phi) is 4.33. The van der Waals surface area contributed by atoms with Crippen LogP contribution in [0, 0.1) is 0 Å². The predicted molar refractivity (Wildman–Crippen MR) is 88.9 cm³/mol. The molecule has 0 saturated heterocycles. The zero-order valence-corrected chi connectivity index (χ0v) is 14.0. The van der Waals surface area contributed by atoms with Crippen molar-refractivity contribution in [1.82, 2.24) is 9.97 Å². The Morgan fingerprint density at radius 1 is 1.24 bits per heavy atom. The summed E-state index contributed by atoms with van der Waals surface area (Å²) in [6.45, 7) is 2.13. The van der Waals surface area contributed by atoms with Gasteiger partial charge in [-0.2, -0.15) is 0 Å². The lowest BCUT2D eigenvalue weighted by Crippen LogP contribution is -1.86. The standard InChI is InChI=1S/C15H13ClN2OS2/c1-3-10-8-12-13(20-10)17-15(16)18-14(12)21-11-6-4-9(19-2)5-7-11/h4-8H,3H2,1-2H3. The molecular weight excluding hydrogens is 324 g/mol. The Balaban J connectivity index is 2.00. The summed E-state index contributed by atoms with van der Waals surface area (Å²) in [4.78, 5) is 12.0. The molecule has 0 aliphatic rings. The third-order valence-corrected chi connectivity index (χ3v) is 5.36. The van der Waals surface area contributed by atoms with Gasteiger partial charge in [-0.25, -0.2) is 9.97 Å². The maximum atomic E-state index is 6.04. The van der Waals surface area contributed by atoms with E-state index in [1.165, 1.54) is 4.88 Å². The van der Waals surface area contributed by atoms with Crippen LogP contribution >= 0.6 is 34.7 Å². The Morgan fingerprint density at radius 3 is 2.67 bits per heavy atom. The second kappa shape index (κ2) is 6.22. The van der Waals surface area contributed by atoms with E-state index in [4.69, 9.17) is 16.3 Å². The molecule has 0 fully saturated rings. The Morgan fingerprint density at radius 2 is 2.00 bits per heavy atom. The summed E-state index contributed by atoms with van der Waals surface area (Å²) in [6, 6.07) is 10.1. The summed E-state index contributed by atoms with van der Waals surface area (Å²) in [7, 11) is 1.66. The van der Waals surface area contributed by atoms with Gasteiger partial charge in [-0.05, 0) is 48.4 Å². The smallest absolute Gasteiger partial charge is 0.224 e.